The van der Waals surface area contributed by atoms with E-state index in [2.05, 4.69) is 5.32 Å². The van der Waals surface area contributed by atoms with Crippen molar-refractivity contribution in [3.63, 3.8) is 0 Å². The zero-order valence-corrected chi connectivity index (χ0v) is 13.9. The van der Waals surface area contributed by atoms with Gasteiger partial charge in [-0.3, -0.25) is 0 Å². The summed E-state index contributed by atoms with van der Waals surface area (Å²) in [5.41, 5.74) is 0.936. The number of rotatable bonds is 9. The molecular weight excluding hydrogens is 290 g/mol. The highest BCUT2D eigenvalue weighted by Crippen LogP contribution is 2.24. The lowest BCUT2D eigenvalue weighted by Gasteiger charge is -2.25. The highest BCUT2D eigenvalue weighted by Gasteiger charge is 2.29. The highest BCUT2D eigenvalue weighted by molar-refractivity contribution is 7.92. The first-order chi connectivity index (χ1) is 9.96. The molecule has 0 bridgehead atoms. The third-order valence-electron chi connectivity index (χ3n) is 3.51. The van der Waals surface area contributed by atoms with Gasteiger partial charge in [-0.2, -0.15) is 0 Å². The molecular formula is C15H25NO4S. The molecule has 1 aromatic carbocycles. The smallest absolute Gasteiger partial charge is 0.157 e. The maximum absolute atomic E-state index is 12.4. The molecule has 0 heterocycles. The monoisotopic (exact) mass is 315 g/mol. The zero-order valence-electron chi connectivity index (χ0n) is 13.1. The maximum atomic E-state index is 12.4. The van der Waals surface area contributed by atoms with Crippen molar-refractivity contribution in [2.45, 2.75) is 25.1 Å². The number of sulfone groups is 1. The van der Waals surface area contributed by atoms with Gasteiger partial charge in [0, 0.05) is 13.2 Å². The van der Waals surface area contributed by atoms with E-state index in [1.807, 2.05) is 31.2 Å². The van der Waals surface area contributed by atoms with Gasteiger partial charge in [-0.25, -0.2) is 8.42 Å². The van der Waals surface area contributed by atoms with Gasteiger partial charge in [0.15, 0.2) is 9.84 Å². The summed E-state index contributed by atoms with van der Waals surface area (Å²) in [4.78, 5) is 0. The van der Waals surface area contributed by atoms with Gasteiger partial charge in [-0.1, -0.05) is 19.1 Å². The SMILES string of the molecule is CCNC(c1ccc(OC)cc1)C(C)S(=O)(=O)CCOC. The molecule has 6 heteroatoms. The first-order valence-corrected chi connectivity index (χ1v) is 8.75. The second-order valence-corrected chi connectivity index (χ2v) is 7.35. The summed E-state index contributed by atoms with van der Waals surface area (Å²) >= 11 is 0. The second-order valence-electron chi connectivity index (χ2n) is 4.87. The number of hydrogen-bond donors (Lipinski definition) is 1. The number of nitrogens with one attached hydrogen (secondary N) is 1. The molecule has 120 valence electrons. The molecule has 0 spiro atoms. The third-order valence-corrected chi connectivity index (χ3v) is 5.65. The van der Waals surface area contributed by atoms with E-state index in [1.54, 1.807) is 14.0 Å². The summed E-state index contributed by atoms with van der Waals surface area (Å²) in [6.07, 6.45) is 0. The van der Waals surface area contributed by atoms with Crippen LogP contribution in [-0.2, 0) is 14.6 Å². The molecule has 0 saturated heterocycles. The van der Waals surface area contributed by atoms with Crippen LogP contribution in [-0.4, -0.2) is 46.8 Å². The number of hydrogen-bond acceptors (Lipinski definition) is 5. The van der Waals surface area contributed by atoms with E-state index < -0.39 is 15.1 Å². The van der Waals surface area contributed by atoms with Gasteiger partial charge in [0.2, 0.25) is 0 Å². The summed E-state index contributed by atoms with van der Waals surface area (Å²) in [5.74, 6) is 0.784. The Kier molecular flexibility index (Phi) is 7.14. The quantitative estimate of drug-likeness (QED) is 0.753. The summed E-state index contributed by atoms with van der Waals surface area (Å²) in [5, 5.41) is 2.73. The van der Waals surface area contributed by atoms with Crippen LogP contribution >= 0.6 is 0 Å². The third kappa shape index (κ3) is 4.98. The van der Waals surface area contributed by atoms with Gasteiger partial charge in [0.1, 0.15) is 5.75 Å². The molecule has 1 rings (SSSR count). The van der Waals surface area contributed by atoms with E-state index in [1.165, 1.54) is 7.11 Å². The number of ether oxygens (including phenoxy) is 2. The van der Waals surface area contributed by atoms with E-state index in [4.69, 9.17) is 9.47 Å². The molecule has 0 fully saturated rings. The lowest BCUT2D eigenvalue weighted by molar-refractivity contribution is 0.216. The average molecular weight is 315 g/mol. The fourth-order valence-electron chi connectivity index (χ4n) is 2.18. The van der Waals surface area contributed by atoms with Gasteiger partial charge in [-0.15, -0.1) is 0 Å². The highest BCUT2D eigenvalue weighted by atomic mass is 32.2. The Hall–Kier alpha value is -1.11. The molecule has 2 unspecified atom stereocenters. The molecule has 0 amide bonds. The van der Waals surface area contributed by atoms with Crippen LogP contribution in [0.1, 0.15) is 25.5 Å². The molecule has 5 nitrogen and oxygen atoms in total. The average Bonchev–Trinajstić information content (AvgIpc) is 2.50. The van der Waals surface area contributed by atoms with Crippen molar-refractivity contribution < 1.29 is 17.9 Å². The van der Waals surface area contributed by atoms with Gasteiger partial charge < -0.3 is 14.8 Å². The largest absolute Gasteiger partial charge is 0.497 e. The standard InChI is InChI=1S/C15H25NO4S/c1-5-16-15(12(2)21(17,18)11-10-19-3)13-6-8-14(20-4)9-7-13/h6-9,12,15-16H,5,10-11H2,1-4H3. The van der Waals surface area contributed by atoms with E-state index in [0.717, 1.165) is 11.3 Å². The first kappa shape index (κ1) is 17.9. The van der Waals surface area contributed by atoms with Crippen molar-refractivity contribution in [1.29, 1.82) is 0 Å². The van der Waals surface area contributed by atoms with Gasteiger partial charge in [-0.05, 0) is 31.2 Å². The van der Waals surface area contributed by atoms with Crippen molar-refractivity contribution in [3.05, 3.63) is 29.8 Å². The van der Waals surface area contributed by atoms with Crippen LogP contribution in [0.5, 0.6) is 5.75 Å². The van der Waals surface area contributed by atoms with Gasteiger partial charge in [0.25, 0.3) is 0 Å². The minimum atomic E-state index is -3.23. The fraction of sp³-hybridized carbons (Fsp3) is 0.600. The van der Waals surface area contributed by atoms with Gasteiger partial charge >= 0.3 is 0 Å². The van der Waals surface area contributed by atoms with Crippen LogP contribution < -0.4 is 10.1 Å². The Labute approximate surface area is 127 Å². The minimum absolute atomic E-state index is 0.0305. The summed E-state index contributed by atoms with van der Waals surface area (Å²) in [7, 11) is -0.115. The molecule has 2 atom stereocenters. The predicted octanol–water partition coefficient (Wildman–Crippen LogP) is 1.80. The van der Waals surface area contributed by atoms with Crippen molar-refractivity contribution in [2.24, 2.45) is 0 Å². The topological polar surface area (TPSA) is 64.6 Å². The normalized spacial score (nSPS) is 14.7. The second kappa shape index (κ2) is 8.36. The fourth-order valence-corrected chi connectivity index (χ4v) is 3.62. The predicted molar refractivity (Wildman–Crippen MR) is 84.5 cm³/mol. The maximum Gasteiger partial charge on any atom is 0.157 e. The van der Waals surface area contributed by atoms with Crippen LogP contribution in [0.2, 0.25) is 0 Å². The molecule has 0 saturated carbocycles. The Morgan fingerprint density at radius 1 is 1.19 bits per heavy atom. The van der Waals surface area contributed by atoms with Crippen LogP contribution in [0, 0.1) is 0 Å². The summed E-state index contributed by atoms with van der Waals surface area (Å²) in [6.45, 7) is 4.61. The molecule has 0 aliphatic heterocycles. The van der Waals surface area contributed by atoms with E-state index in [-0.39, 0.29) is 18.4 Å². The van der Waals surface area contributed by atoms with E-state index >= 15 is 0 Å². The van der Waals surface area contributed by atoms with E-state index in [9.17, 15) is 8.42 Å². The lowest BCUT2D eigenvalue weighted by atomic mass is 10.0. The molecule has 0 aromatic heterocycles. The Morgan fingerprint density at radius 2 is 1.81 bits per heavy atom. The molecule has 1 N–H and O–H groups in total. The van der Waals surface area contributed by atoms with Crippen molar-refractivity contribution >= 4 is 9.84 Å². The Morgan fingerprint density at radius 3 is 2.29 bits per heavy atom. The summed E-state index contributed by atoms with van der Waals surface area (Å²) < 4.78 is 34.7. The minimum Gasteiger partial charge on any atom is -0.497 e. The molecule has 0 radical (unpaired) electrons. The summed E-state index contributed by atoms with van der Waals surface area (Å²) in [6, 6.07) is 7.23. The first-order valence-electron chi connectivity index (χ1n) is 7.04. The van der Waals surface area contributed by atoms with Crippen LogP contribution in [0.25, 0.3) is 0 Å². The lowest BCUT2D eigenvalue weighted by Crippen LogP contribution is -2.37. The molecule has 0 aliphatic carbocycles. The van der Waals surface area contributed by atoms with Crippen LogP contribution in [0.4, 0.5) is 0 Å². The molecule has 1 aromatic rings. The van der Waals surface area contributed by atoms with Crippen LogP contribution in [0.3, 0.4) is 0 Å². The number of methoxy groups -OCH3 is 2. The van der Waals surface area contributed by atoms with Crippen molar-refractivity contribution in [3.8, 4) is 5.75 Å². The van der Waals surface area contributed by atoms with Crippen molar-refractivity contribution in [1.82, 2.24) is 5.32 Å². The molecule has 21 heavy (non-hydrogen) atoms. The van der Waals surface area contributed by atoms with Crippen LogP contribution in [0.15, 0.2) is 24.3 Å². The van der Waals surface area contributed by atoms with Crippen molar-refractivity contribution in [2.75, 3.05) is 33.1 Å². The molecule has 0 aliphatic rings. The zero-order chi connectivity index (χ0) is 15.9. The van der Waals surface area contributed by atoms with Gasteiger partial charge in [0.05, 0.1) is 24.7 Å². The number of benzene rings is 1. The Balaban J connectivity index is 2.98. The Bertz CT molecular complexity index is 513. The van der Waals surface area contributed by atoms with E-state index in [0.29, 0.717) is 6.54 Å².